The van der Waals surface area contributed by atoms with Crippen molar-refractivity contribution in [2.24, 2.45) is 5.41 Å². The van der Waals surface area contributed by atoms with Crippen LogP contribution in [0.15, 0.2) is 18.2 Å². The standard InChI is InChI=1S/C15H20BrNO2/c1-11-8-12(18)4-5-13(11)14(19)17-10-15(9-16)6-2-3-7-15/h4-5,8,18H,2-3,6-7,9-10H2,1H3,(H,17,19). The number of amides is 1. The predicted octanol–water partition coefficient (Wildman–Crippen LogP) is 3.39. The Kier molecular flexibility index (Phi) is 4.50. The molecule has 104 valence electrons. The number of aryl methyl sites for hydroxylation is 1. The molecule has 1 amide bonds. The van der Waals surface area contributed by atoms with Gasteiger partial charge in [0, 0.05) is 17.4 Å². The molecule has 1 aliphatic carbocycles. The minimum Gasteiger partial charge on any atom is -0.508 e. The van der Waals surface area contributed by atoms with Crippen LogP contribution >= 0.6 is 15.9 Å². The van der Waals surface area contributed by atoms with Crippen LogP contribution in [-0.4, -0.2) is 22.9 Å². The average Bonchev–Trinajstić information content (AvgIpc) is 2.85. The summed E-state index contributed by atoms with van der Waals surface area (Å²) in [6.07, 6.45) is 4.85. The number of hydrogen-bond acceptors (Lipinski definition) is 2. The number of nitrogens with one attached hydrogen (secondary N) is 1. The maximum Gasteiger partial charge on any atom is 0.251 e. The molecule has 2 rings (SSSR count). The minimum atomic E-state index is -0.0512. The molecule has 0 heterocycles. The summed E-state index contributed by atoms with van der Waals surface area (Å²) in [5.41, 5.74) is 1.66. The molecule has 4 heteroatoms. The third-order valence-corrected chi connectivity index (χ3v) is 5.22. The van der Waals surface area contributed by atoms with E-state index in [2.05, 4.69) is 21.2 Å². The molecule has 0 atom stereocenters. The van der Waals surface area contributed by atoms with Gasteiger partial charge in [0.1, 0.15) is 5.75 Å². The molecule has 1 saturated carbocycles. The fourth-order valence-corrected chi connectivity index (χ4v) is 3.51. The van der Waals surface area contributed by atoms with Crippen LogP contribution in [0, 0.1) is 12.3 Å². The van der Waals surface area contributed by atoms with Crippen molar-refractivity contribution in [3.8, 4) is 5.75 Å². The van der Waals surface area contributed by atoms with Crippen molar-refractivity contribution in [2.75, 3.05) is 11.9 Å². The van der Waals surface area contributed by atoms with Gasteiger partial charge in [-0.15, -0.1) is 0 Å². The van der Waals surface area contributed by atoms with Gasteiger partial charge in [-0.2, -0.15) is 0 Å². The number of carbonyl (C=O) groups is 1. The van der Waals surface area contributed by atoms with Gasteiger partial charge >= 0.3 is 0 Å². The zero-order valence-corrected chi connectivity index (χ0v) is 12.8. The first-order valence-electron chi connectivity index (χ1n) is 6.70. The van der Waals surface area contributed by atoms with E-state index in [0.717, 1.165) is 17.4 Å². The maximum atomic E-state index is 12.2. The summed E-state index contributed by atoms with van der Waals surface area (Å²) in [5, 5.41) is 13.3. The van der Waals surface area contributed by atoms with Crippen LogP contribution in [0.2, 0.25) is 0 Å². The highest BCUT2D eigenvalue weighted by Gasteiger charge is 2.33. The van der Waals surface area contributed by atoms with Gasteiger partial charge in [-0.05, 0) is 48.9 Å². The molecule has 0 radical (unpaired) electrons. The zero-order valence-electron chi connectivity index (χ0n) is 11.2. The van der Waals surface area contributed by atoms with E-state index in [0.29, 0.717) is 5.56 Å². The average molecular weight is 326 g/mol. The van der Waals surface area contributed by atoms with E-state index in [-0.39, 0.29) is 17.1 Å². The van der Waals surface area contributed by atoms with Gasteiger partial charge in [0.2, 0.25) is 0 Å². The topological polar surface area (TPSA) is 49.3 Å². The summed E-state index contributed by atoms with van der Waals surface area (Å²) in [6, 6.07) is 4.85. The van der Waals surface area contributed by atoms with Crippen LogP contribution in [0.4, 0.5) is 0 Å². The Labute approximate surface area is 122 Å². The first-order chi connectivity index (χ1) is 9.06. The quantitative estimate of drug-likeness (QED) is 0.834. The molecule has 0 unspecified atom stereocenters. The fourth-order valence-electron chi connectivity index (χ4n) is 2.75. The SMILES string of the molecule is Cc1cc(O)ccc1C(=O)NCC1(CBr)CCCC1. The Morgan fingerprint density at radius 1 is 1.42 bits per heavy atom. The molecule has 1 aliphatic rings. The summed E-state index contributed by atoms with van der Waals surface area (Å²) in [7, 11) is 0. The number of benzene rings is 1. The molecule has 0 bridgehead atoms. The molecular formula is C15H20BrNO2. The van der Waals surface area contributed by atoms with E-state index in [1.807, 2.05) is 6.92 Å². The number of hydrogen-bond donors (Lipinski definition) is 2. The molecule has 2 N–H and O–H groups in total. The second kappa shape index (κ2) is 5.95. The normalized spacial score (nSPS) is 17.4. The Morgan fingerprint density at radius 3 is 2.68 bits per heavy atom. The van der Waals surface area contributed by atoms with Crippen LogP contribution in [0.25, 0.3) is 0 Å². The summed E-state index contributed by atoms with van der Waals surface area (Å²) in [6.45, 7) is 2.56. The van der Waals surface area contributed by atoms with Gasteiger partial charge < -0.3 is 10.4 Å². The van der Waals surface area contributed by atoms with Crippen molar-refractivity contribution in [2.45, 2.75) is 32.6 Å². The van der Waals surface area contributed by atoms with E-state index in [1.165, 1.54) is 25.7 Å². The van der Waals surface area contributed by atoms with Gasteiger partial charge in [-0.3, -0.25) is 4.79 Å². The lowest BCUT2D eigenvalue weighted by atomic mass is 9.88. The van der Waals surface area contributed by atoms with Crippen molar-refractivity contribution >= 4 is 21.8 Å². The highest BCUT2D eigenvalue weighted by Crippen LogP contribution is 2.39. The smallest absolute Gasteiger partial charge is 0.251 e. The van der Waals surface area contributed by atoms with Crippen LogP contribution in [0.3, 0.4) is 0 Å². The third-order valence-electron chi connectivity index (χ3n) is 4.03. The van der Waals surface area contributed by atoms with Gasteiger partial charge in [-0.25, -0.2) is 0 Å². The van der Waals surface area contributed by atoms with E-state index >= 15 is 0 Å². The Balaban J connectivity index is 2.01. The summed E-state index contributed by atoms with van der Waals surface area (Å²) >= 11 is 3.58. The lowest BCUT2D eigenvalue weighted by Crippen LogP contribution is -2.37. The van der Waals surface area contributed by atoms with Gasteiger partial charge in [0.05, 0.1) is 0 Å². The summed E-state index contributed by atoms with van der Waals surface area (Å²) in [4.78, 5) is 12.2. The van der Waals surface area contributed by atoms with E-state index < -0.39 is 0 Å². The van der Waals surface area contributed by atoms with Gasteiger partial charge in [0.15, 0.2) is 0 Å². The van der Waals surface area contributed by atoms with E-state index in [1.54, 1.807) is 18.2 Å². The highest BCUT2D eigenvalue weighted by atomic mass is 79.9. The van der Waals surface area contributed by atoms with Crippen LogP contribution in [0.5, 0.6) is 5.75 Å². The number of carbonyl (C=O) groups excluding carboxylic acids is 1. The largest absolute Gasteiger partial charge is 0.508 e. The van der Waals surface area contributed by atoms with Crippen molar-refractivity contribution in [1.82, 2.24) is 5.32 Å². The first-order valence-corrected chi connectivity index (χ1v) is 7.82. The predicted molar refractivity (Wildman–Crippen MR) is 79.9 cm³/mol. The number of halogens is 1. The number of rotatable bonds is 4. The monoisotopic (exact) mass is 325 g/mol. The molecule has 19 heavy (non-hydrogen) atoms. The van der Waals surface area contributed by atoms with Crippen LogP contribution < -0.4 is 5.32 Å². The fraction of sp³-hybridized carbons (Fsp3) is 0.533. The molecule has 0 saturated heterocycles. The van der Waals surface area contributed by atoms with Gasteiger partial charge in [0.25, 0.3) is 5.91 Å². The maximum absolute atomic E-state index is 12.2. The summed E-state index contributed by atoms with van der Waals surface area (Å²) in [5.74, 6) is 0.145. The number of phenols is 1. The van der Waals surface area contributed by atoms with E-state index in [9.17, 15) is 9.90 Å². The molecule has 0 aromatic heterocycles. The molecule has 1 aromatic carbocycles. The molecule has 3 nitrogen and oxygen atoms in total. The summed E-state index contributed by atoms with van der Waals surface area (Å²) < 4.78 is 0. The molecule has 1 fully saturated rings. The van der Waals surface area contributed by atoms with Crippen molar-refractivity contribution in [3.05, 3.63) is 29.3 Å². The molecule has 0 spiro atoms. The van der Waals surface area contributed by atoms with Crippen molar-refractivity contribution in [3.63, 3.8) is 0 Å². The van der Waals surface area contributed by atoms with E-state index in [4.69, 9.17) is 0 Å². The minimum absolute atomic E-state index is 0.0512. The zero-order chi connectivity index (χ0) is 13.9. The Hall–Kier alpha value is -1.03. The van der Waals surface area contributed by atoms with Crippen molar-refractivity contribution < 1.29 is 9.90 Å². The molecular weight excluding hydrogens is 306 g/mol. The highest BCUT2D eigenvalue weighted by molar-refractivity contribution is 9.09. The van der Waals surface area contributed by atoms with Crippen LogP contribution in [-0.2, 0) is 0 Å². The number of phenolic OH excluding ortho intramolecular Hbond substituents is 1. The van der Waals surface area contributed by atoms with Crippen LogP contribution in [0.1, 0.15) is 41.6 Å². The van der Waals surface area contributed by atoms with Crippen molar-refractivity contribution in [1.29, 1.82) is 0 Å². The number of alkyl halides is 1. The lowest BCUT2D eigenvalue weighted by Gasteiger charge is -2.26. The van der Waals surface area contributed by atoms with Gasteiger partial charge in [-0.1, -0.05) is 28.8 Å². The Morgan fingerprint density at radius 2 is 2.11 bits per heavy atom. The number of aromatic hydroxyl groups is 1. The Bertz CT molecular complexity index is 467. The first kappa shape index (κ1) is 14.4. The second-order valence-electron chi connectivity index (χ2n) is 5.52. The molecule has 1 aromatic rings. The second-order valence-corrected chi connectivity index (χ2v) is 6.08. The third kappa shape index (κ3) is 3.30. The lowest BCUT2D eigenvalue weighted by molar-refractivity contribution is 0.0935. The molecule has 0 aliphatic heterocycles.